The lowest BCUT2D eigenvalue weighted by molar-refractivity contribution is 0.187. The SMILES string of the molecule is N[C@H]1CS(=O)(=O)CC[C@H]1NC(=O)O. The van der Waals surface area contributed by atoms with E-state index >= 15 is 0 Å². The summed E-state index contributed by atoms with van der Waals surface area (Å²) in [4.78, 5) is 10.3. The highest BCUT2D eigenvalue weighted by Crippen LogP contribution is 2.11. The second kappa shape index (κ2) is 3.51. The van der Waals surface area contributed by atoms with Crippen molar-refractivity contribution in [3.05, 3.63) is 0 Å². The van der Waals surface area contributed by atoms with Crippen molar-refractivity contribution in [3.63, 3.8) is 0 Å². The number of sulfone groups is 1. The number of carbonyl (C=O) groups is 1. The third-order valence-electron chi connectivity index (χ3n) is 2.01. The lowest BCUT2D eigenvalue weighted by atomic mass is 10.1. The summed E-state index contributed by atoms with van der Waals surface area (Å²) in [6.45, 7) is 0. The van der Waals surface area contributed by atoms with Gasteiger partial charge in [0.25, 0.3) is 0 Å². The van der Waals surface area contributed by atoms with Gasteiger partial charge in [0.15, 0.2) is 9.84 Å². The van der Waals surface area contributed by atoms with Crippen LogP contribution in [-0.4, -0.2) is 43.2 Å². The summed E-state index contributed by atoms with van der Waals surface area (Å²) in [5.74, 6) is -0.135. The molecule has 0 saturated carbocycles. The largest absolute Gasteiger partial charge is 0.465 e. The molecule has 13 heavy (non-hydrogen) atoms. The summed E-state index contributed by atoms with van der Waals surface area (Å²) in [6, 6.07) is -1.07. The molecule has 1 aliphatic rings. The third-order valence-corrected chi connectivity index (χ3v) is 3.76. The maximum atomic E-state index is 11.0. The fourth-order valence-electron chi connectivity index (χ4n) is 1.35. The van der Waals surface area contributed by atoms with Crippen LogP contribution < -0.4 is 11.1 Å². The average Bonchev–Trinajstić information content (AvgIpc) is 1.93. The van der Waals surface area contributed by atoms with E-state index in [2.05, 4.69) is 5.32 Å². The Morgan fingerprint density at radius 3 is 2.62 bits per heavy atom. The van der Waals surface area contributed by atoms with Gasteiger partial charge in [-0.2, -0.15) is 0 Å². The standard InChI is InChI=1S/C6H12N2O4S/c7-4-3-13(11,12)2-1-5(4)8-6(9)10/h4-5,8H,1-3,7H2,(H,9,10)/t4-,5+/m0/s1. The van der Waals surface area contributed by atoms with E-state index in [1.165, 1.54) is 0 Å². The van der Waals surface area contributed by atoms with E-state index in [1.54, 1.807) is 0 Å². The molecule has 4 N–H and O–H groups in total. The number of amides is 1. The topological polar surface area (TPSA) is 109 Å². The predicted octanol–water partition coefficient (Wildman–Crippen LogP) is -1.23. The van der Waals surface area contributed by atoms with Crippen LogP contribution >= 0.6 is 0 Å². The van der Waals surface area contributed by atoms with Gasteiger partial charge in [0, 0.05) is 12.1 Å². The zero-order valence-electron chi connectivity index (χ0n) is 6.93. The Balaban J connectivity index is 2.59. The van der Waals surface area contributed by atoms with Gasteiger partial charge < -0.3 is 16.2 Å². The minimum absolute atomic E-state index is 0.00560. The Kier molecular flexibility index (Phi) is 2.77. The molecule has 0 aromatic heterocycles. The molecular formula is C6H12N2O4S. The molecule has 1 rings (SSSR count). The first-order valence-corrected chi connectivity index (χ1v) is 5.68. The van der Waals surface area contributed by atoms with E-state index < -0.39 is 28.0 Å². The zero-order valence-corrected chi connectivity index (χ0v) is 7.75. The number of hydrogen-bond donors (Lipinski definition) is 3. The number of nitrogens with two attached hydrogens (primary N) is 1. The van der Waals surface area contributed by atoms with Crippen LogP contribution in [0.4, 0.5) is 4.79 Å². The first-order valence-electron chi connectivity index (χ1n) is 3.86. The smallest absolute Gasteiger partial charge is 0.404 e. The van der Waals surface area contributed by atoms with Crippen molar-refractivity contribution >= 4 is 15.9 Å². The van der Waals surface area contributed by atoms with E-state index in [-0.39, 0.29) is 17.9 Å². The molecule has 7 heteroatoms. The van der Waals surface area contributed by atoms with Crippen LogP contribution in [0.5, 0.6) is 0 Å². The van der Waals surface area contributed by atoms with Crippen molar-refractivity contribution in [2.45, 2.75) is 18.5 Å². The molecule has 1 saturated heterocycles. The molecule has 0 spiro atoms. The molecule has 0 radical (unpaired) electrons. The Morgan fingerprint density at radius 1 is 1.54 bits per heavy atom. The summed E-state index contributed by atoms with van der Waals surface area (Å²) in [7, 11) is -3.06. The Labute approximate surface area is 76.0 Å². The maximum Gasteiger partial charge on any atom is 0.404 e. The molecule has 1 fully saturated rings. The first kappa shape index (κ1) is 10.3. The minimum atomic E-state index is -3.06. The maximum absolute atomic E-state index is 11.0. The van der Waals surface area contributed by atoms with Gasteiger partial charge in [-0.3, -0.25) is 0 Å². The predicted molar refractivity (Wildman–Crippen MR) is 46.2 cm³/mol. The monoisotopic (exact) mass is 208 g/mol. The zero-order chi connectivity index (χ0) is 10.1. The molecule has 0 bridgehead atoms. The number of hydrogen-bond acceptors (Lipinski definition) is 4. The Hall–Kier alpha value is -0.820. The van der Waals surface area contributed by atoms with Crippen LogP contribution in [0.25, 0.3) is 0 Å². The molecule has 0 aromatic carbocycles. The van der Waals surface area contributed by atoms with E-state index in [0.717, 1.165) is 0 Å². The van der Waals surface area contributed by atoms with Crippen LogP contribution in [-0.2, 0) is 9.84 Å². The number of carboxylic acid groups (broad SMARTS) is 1. The molecule has 0 aliphatic carbocycles. The van der Waals surface area contributed by atoms with E-state index in [0.29, 0.717) is 0 Å². The summed E-state index contributed by atoms with van der Waals surface area (Å²) >= 11 is 0. The second-order valence-electron chi connectivity index (χ2n) is 3.12. The van der Waals surface area contributed by atoms with E-state index in [4.69, 9.17) is 10.8 Å². The summed E-state index contributed by atoms with van der Waals surface area (Å²) in [5.41, 5.74) is 5.50. The van der Waals surface area contributed by atoms with Crippen LogP contribution in [0.1, 0.15) is 6.42 Å². The Bertz CT molecular complexity index is 300. The third kappa shape index (κ3) is 2.85. The normalized spacial score (nSPS) is 32.4. The van der Waals surface area contributed by atoms with Crippen molar-refractivity contribution in [1.82, 2.24) is 5.32 Å². The summed E-state index contributed by atoms with van der Waals surface area (Å²) in [5, 5.41) is 10.6. The fourth-order valence-corrected chi connectivity index (χ4v) is 2.95. The lowest BCUT2D eigenvalue weighted by Crippen LogP contribution is -2.54. The minimum Gasteiger partial charge on any atom is -0.465 e. The van der Waals surface area contributed by atoms with Crippen molar-refractivity contribution < 1.29 is 18.3 Å². The van der Waals surface area contributed by atoms with E-state index in [9.17, 15) is 13.2 Å². The molecule has 6 nitrogen and oxygen atoms in total. The fraction of sp³-hybridized carbons (Fsp3) is 0.833. The van der Waals surface area contributed by atoms with Gasteiger partial charge in [-0.15, -0.1) is 0 Å². The van der Waals surface area contributed by atoms with Gasteiger partial charge in [-0.25, -0.2) is 13.2 Å². The van der Waals surface area contributed by atoms with Crippen molar-refractivity contribution in [3.8, 4) is 0 Å². The van der Waals surface area contributed by atoms with Crippen LogP contribution in [0.2, 0.25) is 0 Å². The molecule has 0 unspecified atom stereocenters. The first-order chi connectivity index (χ1) is 5.91. The lowest BCUT2D eigenvalue weighted by Gasteiger charge is -2.27. The summed E-state index contributed by atoms with van der Waals surface area (Å²) < 4.78 is 22.1. The molecule has 0 aromatic rings. The highest BCUT2D eigenvalue weighted by Gasteiger charge is 2.31. The van der Waals surface area contributed by atoms with Crippen molar-refractivity contribution in [1.29, 1.82) is 0 Å². The van der Waals surface area contributed by atoms with Gasteiger partial charge in [-0.05, 0) is 6.42 Å². The quantitative estimate of drug-likeness (QED) is 0.499. The number of nitrogens with one attached hydrogen (secondary N) is 1. The van der Waals surface area contributed by atoms with E-state index in [1.807, 2.05) is 0 Å². The van der Waals surface area contributed by atoms with Crippen molar-refractivity contribution in [2.24, 2.45) is 5.73 Å². The molecule has 1 aliphatic heterocycles. The van der Waals surface area contributed by atoms with Crippen molar-refractivity contribution in [2.75, 3.05) is 11.5 Å². The average molecular weight is 208 g/mol. The van der Waals surface area contributed by atoms with Gasteiger partial charge in [0.2, 0.25) is 0 Å². The highest BCUT2D eigenvalue weighted by molar-refractivity contribution is 7.91. The van der Waals surface area contributed by atoms with Gasteiger partial charge in [0.05, 0.1) is 11.5 Å². The van der Waals surface area contributed by atoms with Crippen LogP contribution in [0.15, 0.2) is 0 Å². The molecule has 1 heterocycles. The van der Waals surface area contributed by atoms with Gasteiger partial charge in [0.1, 0.15) is 0 Å². The summed E-state index contributed by atoms with van der Waals surface area (Å²) in [6.07, 6.45) is -0.907. The van der Waals surface area contributed by atoms with Gasteiger partial charge in [-0.1, -0.05) is 0 Å². The van der Waals surface area contributed by atoms with Crippen LogP contribution in [0, 0.1) is 0 Å². The highest BCUT2D eigenvalue weighted by atomic mass is 32.2. The molecular weight excluding hydrogens is 196 g/mol. The van der Waals surface area contributed by atoms with Gasteiger partial charge >= 0.3 is 6.09 Å². The molecule has 1 amide bonds. The molecule has 2 atom stereocenters. The molecule has 76 valence electrons. The van der Waals surface area contributed by atoms with Crippen LogP contribution in [0.3, 0.4) is 0 Å². The number of rotatable bonds is 1. The Morgan fingerprint density at radius 2 is 2.15 bits per heavy atom. The second-order valence-corrected chi connectivity index (χ2v) is 5.35.